The van der Waals surface area contributed by atoms with E-state index in [1.165, 1.54) is 11.3 Å². The maximum atomic E-state index is 14.6. The number of carbonyl (C=O) groups excluding carboxylic acids is 1. The first kappa shape index (κ1) is 30.8. The number of nitrogens with zero attached hydrogens (tertiary/aromatic N) is 2. The van der Waals surface area contributed by atoms with Gasteiger partial charge in [0.15, 0.2) is 4.80 Å². The second-order valence-corrected chi connectivity index (χ2v) is 13.0. The van der Waals surface area contributed by atoms with Crippen molar-refractivity contribution in [1.29, 1.82) is 0 Å². The van der Waals surface area contributed by atoms with Gasteiger partial charge in [0.25, 0.3) is 5.56 Å². The maximum absolute atomic E-state index is 14.6. The summed E-state index contributed by atoms with van der Waals surface area (Å²) in [6.07, 6.45) is 3.30. The van der Waals surface area contributed by atoms with E-state index in [0.717, 1.165) is 49.7 Å². The van der Waals surface area contributed by atoms with E-state index >= 15 is 0 Å². The molecule has 0 fully saturated rings. The van der Waals surface area contributed by atoms with E-state index in [-0.39, 0.29) is 12.2 Å². The average Bonchev–Trinajstić information content (AvgIpc) is 3.54. The zero-order valence-corrected chi connectivity index (χ0v) is 28.3. The summed E-state index contributed by atoms with van der Waals surface area (Å²) in [7, 11) is 1.59. The summed E-state index contributed by atoms with van der Waals surface area (Å²) < 4.78 is 14.3. The molecule has 5 aromatic rings. The molecule has 6 rings (SSSR count). The van der Waals surface area contributed by atoms with E-state index in [1.54, 1.807) is 18.6 Å². The molecule has 0 amide bonds. The molecule has 0 unspecified atom stereocenters. The molecule has 0 spiro atoms. The van der Waals surface area contributed by atoms with Gasteiger partial charge in [0.2, 0.25) is 0 Å². The van der Waals surface area contributed by atoms with E-state index < -0.39 is 12.0 Å². The molecule has 230 valence electrons. The molecule has 0 bridgehead atoms. The Morgan fingerprint density at radius 3 is 2.60 bits per heavy atom. The van der Waals surface area contributed by atoms with Crippen molar-refractivity contribution in [3.05, 3.63) is 118 Å². The highest BCUT2D eigenvalue weighted by Crippen LogP contribution is 2.39. The third-order valence-corrected chi connectivity index (χ3v) is 9.48. The Kier molecular flexibility index (Phi) is 8.66. The monoisotopic (exact) mass is 683 g/mol. The minimum absolute atomic E-state index is 0.205. The number of ether oxygens (including phenoxy) is 2. The molecule has 9 heteroatoms. The number of H-pyrrole nitrogens is 1. The highest BCUT2D eigenvalue weighted by atomic mass is 79.9. The molecule has 0 saturated carbocycles. The number of aromatic nitrogens is 2. The zero-order chi connectivity index (χ0) is 31.8. The van der Waals surface area contributed by atoms with Crippen molar-refractivity contribution in [3.8, 4) is 17.0 Å². The highest BCUT2D eigenvalue weighted by Gasteiger charge is 2.36. The van der Waals surface area contributed by atoms with Crippen LogP contribution >= 0.6 is 27.3 Å². The van der Waals surface area contributed by atoms with Gasteiger partial charge in [-0.1, -0.05) is 82.6 Å². The van der Waals surface area contributed by atoms with Gasteiger partial charge in [-0.2, -0.15) is 0 Å². The summed E-state index contributed by atoms with van der Waals surface area (Å²) in [4.78, 5) is 37.3. The standard InChI is InChI=1S/C36H34BrN3O4S/c1-6-11-27-30(35(42)44-7-2)33(26-18-23(37)14-15-28(26)43-5)40-34(41)29(45-36(40)38-27)19-25-24-17-20(3)16-21(4)31(24)39-32(25)22-12-9-8-10-13-22/h8-10,12-19,33,39H,6-7,11H2,1-5H3/b29-19+/t33-/m1/s1. The summed E-state index contributed by atoms with van der Waals surface area (Å²) in [5, 5.41) is 1.04. The number of aromatic amines is 1. The van der Waals surface area contributed by atoms with Crippen molar-refractivity contribution in [1.82, 2.24) is 9.55 Å². The van der Waals surface area contributed by atoms with Crippen LogP contribution in [0.15, 0.2) is 86.2 Å². The fourth-order valence-electron chi connectivity index (χ4n) is 6.12. The van der Waals surface area contributed by atoms with E-state index in [9.17, 15) is 9.59 Å². The predicted molar refractivity (Wildman–Crippen MR) is 184 cm³/mol. The van der Waals surface area contributed by atoms with Gasteiger partial charge in [-0.15, -0.1) is 0 Å². The van der Waals surface area contributed by atoms with E-state index in [0.29, 0.717) is 38.3 Å². The average molecular weight is 685 g/mol. The number of fused-ring (bicyclic) bond motifs is 2. The Bertz CT molecular complexity index is 2160. The van der Waals surface area contributed by atoms with Gasteiger partial charge < -0.3 is 14.5 Å². The number of halogens is 1. The van der Waals surface area contributed by atoms with Crippen molar-refractivity contribution in [2.24, 2.45) is 4.99 Å². The van der Waals surface area contributed by atoms with Gasteiger partial charge in [-0.3, -0.25) is 9.36 Å². The molecule has 3 aromatic carbocycles. The maximum Gasteiger partial charge on any atom is 0.338 e. The van der Waals surface area contributed by atoms with Crippen LogP contribution in [0, 0.1) is 13.8 Å². The first-order chi connectivity index (χ1) is 21.7. The lowest BCUT2D eigenvalue weighted by Gasteiger charge is -2.27. The molecule has 2 aromatic heterocycles. The molecule has 3 heterocycles. The lowest BCUT2D eigenvalue weighted by atomic mass is 9.93. The number of thiazole rings is 1. The van der Waals surface area contributed by atoms with Crippen LogP contribution in [0.5, 0.6) is 5.75 Å². The number of nitrogens with one attached hydrogen (secondary N) is 1. The Morgan fingerprint density at radius 2 is 1.89 bits per heavy atom. The minimum atomic E-state index is -0.780. The first-order valence-electron chi connectivity index (χ1n) is 15.0. The molecular formula is C36H34BrN3O4S. The van der Waals surface area contributed by atoms with Gasteiger partial charge in [0, 0.05) is 26.5 Å². The first-order valence-corrected chi connectivity index (χ1v) is 16.6. The van der Waals surface area contributed by atoms with Crippen LogP contribution in [0.2, 0.25) is 0 Å². The third-order valence-electron chi connectivity index (χ3n) is 8.01. The number of hydrogen-bond donors (Lipinski definition) is 1. The zero-order valence-electron chi connectivity index (χ0n) is 25.9. The molecule has 0 radical (unpaired) electrons. The largest absolute Gasteiger partial charge is 0.496 e. The fourth-order valence-corrected chi connectivity index (χ4v) is 7.50. The summed E-state index contributed by atoms with van der Waals surface area (Å²) in [5.41, 5.74) is 7.62. The minimum Gasteiger partial charge on any atom is -0.496 e. The highest BCUT2D eigenvalue weighted by molar-refractivity contribution is 9.10. The van der Waals surface area contributed by atoms with E-state index in [4.69, 9.17) is 14.5 Å². The smallest absolute Gasteiger partial charge is 0.338 e. The molecule has 1 N–H and O–H groups in total. The van der Waals surface area contributed by atoms with Crippen molar-refractivity contribution >= 4 is 50.2 Å². The van der Waals surface area contributed by atoms with Crippen LogP contribution < -0.4 is 19.6 Å². The second-order valence-electron chi connectivity index (χ2n) is 11.1. The number of methoxy groups -OCH3 is 1. The van der Waals surface area contributed by atoms with Crippen LogP contribution in [-0.4, -0.2) is 29.2 Å². The van der Waals surface area contributed by atoms with E-state index in [2.05, 4.69) is 59.0 Å². The summed E-state index contributed by atoms with van der Waals surface area (Å²) in [5.74, 6) is 0.0752. The van der Waals surface area contributed by atoms with Crippen molar-refractivity contribution in [2.75, 3.05) is 13.7 Å². The van der Waals surface area contributed by atoms with Crippen LogP contribution in [0.4, 0.5) is 0 Å². The Morgan fingerprint density at radius 1 is 1.11 bits per heavy atom. The van der Waals surface area contributed by atoms with Gasteiger partial charge in [0.05, 0.1) is 35.2 Å². The molecule has 0 saturated heterocycles. The summed E-state index contributed by atoms with van der Waals surface area (Å²) in [6.45, 7) is 8.20. The predicted octanol–water partition coefficient (Wildman–Crippen LogP) is 7.11. The number of aryl methyl sites for hydroxylation is 2. The van der Waals surface area contributed by atoms with Gasteiger partial charge in [-0.25, -0.2) is 9.79 Å². The normalized spacial score (nSPS) is 14.9. The lowest BCUT2D eigenvalue weighted by Crippen LogP contribution is -2.40. The topological polar surface area (TPSA) is 85.7 Å². The quantitative estimate of drug-likeness (QED) is 0.177. The van der Waals surface area contributed by atoms with Crippen LogP contribution in [0.3, 0.4) is 0 Å². The number of carbonyl (C=O) groups is 1. The number of rotatable bonds is 8. The van der Waals surface area contributed by atoms with Crippen LogP contribution in [0.1, 0.15) is 55.0 Å². The van der Waals surface area contributed by atoms with E-state index in [1.807, 2.05) is 49.4 Å². The number of benzene rings is 3. The van der Waals surface area contributed by atoms with Crippen molar-refractivity contribution in [3.63, 3.8) is 0 Å². The molecule has 1 aliphatic heterocycles. The molecule has 0 aliphatic carbocycles. The Hall–Kier alpha value is -4.21. The van der Waals surface area contributed by atoms with Gasteiger partial charge >= 0.3 is 5.97 Å². The lowest BCUT2D eigenvalue weighted by molar-refractivity contribution is -0.139. The summed E-state index contributed by atoms with van der Waals surface area (Å²) in [6, 6.07) is 19.3. The fraction of sp³-hybridized carbons (Fsp3) is 0.250. The van der Waals surface area contributed by atoms with Crippen molar-refractivity contribution in [2.45, 2.75) is 46.6 Å². The SMILES string of the molecule is CCCC1=C(C(=O)OCC)[C@@H](c2cc(Br)ccc2OC)n2c(s/c(=C/c3c(-c4ccccc4)[nH]c4c(C)cc(C)cc34)c2=O)=N1. The van der Waals surface area contributed by atoms with Crippen LogP contribution in [-0.2, 0) is 9.53 Å². The third kappa shape index (κ3) is 5.59. The molecule has 7 nitrogen and oxygen atoms in total. The summed E-state index contributed by atoms with van der Waals surface area (Å²) >= 11 is 4.92. The molecule has 1 aliphatic rings. The molecule has 45 heavy (non-hydrogen) atoms. The van der Waals surface area contributed by atoms with Crippen LogP contribution in [0.25, 0.3) is 28.2 Å². The van der Waals surface area contributed by atoms with Gasteiger partial charge in [-0.05, 0) is 68.7 Å². The van der Waals surface area contributed by atoms with Crippen molar-refractivity contribution < 1.29 is 14.3 Å². The molecule has 1 atom stereocenters. The number of esters is 1. The number of allylic oxidation sites excluding steroid dienone is 1. The van der Waals surface area contributed by atoms with Gasteiger partial charge in [0.1, 0.15) is 11.8 Å². The molecular weight excluding hydrogens is 650 g/mol. The number of hydrogen-bond acceptors (Lipinski definition) is 6. The second kappa shape index (κ2) is 12.7. The Balaban J connectivity index is 1.68. The Labute approximate surface area is 273 Å².